The molecule has 1 fully saturated rings. The van der Waals surface area contributed by atoms with Gasteiger partial charge >= 0.3 is 6.03 Å². The van der Waals surface area contributed by atoms with Gasteiger partial charge in [-0.1, -0.05) is 30.3 Å². The minimum Gasteiger partial charge on any atom is -0.459 e. The molecule has 2 heterocycles. The van der Waals surface area contributed by atoms with Crippen molar-refractivity contribution < 1.29 is 14.0 Å². The summed E-state index contributed by atoms with van der Waals surface area (Å²) in [7, 11) is 0. The van der Waals surface area contributed by atoms with E-state index in [0.717, 1.165) is 18.7 Å². The maximum absolute atomic E-state index is 12.5. The Morgan fingerprint density at radius 3 is 2.43 bits per heavy atom. The summed E-state index contributed by atoms with van der Waals surface area (Å²) in [6, 6.07) is 20.8. The molecule has 0 saturated carbocycles. The summed E-state index contributed by atoms with van der Waals surface area (Å²) in [6.07, 6.45) is 1.46. The van der Waals surface area contributed by atoms with E-state index in [0.29, 0.717) is 25.3 Å². The number of hydrogen-bond acceptors (Lipinski definition) is 4. The highest BCUT2D eigenvalue weighted by Crippen LogP contribution is 2.16. The van der Waals surface area contributed by atoms with Crippen LogP contribution in [0.25, 0.3) is 0 Å². The van der Waals surface area contributed by atoms with E-state index in [4.69, 9.17) is 4.42 Å². The Morgan fingerprint density at radius 1 is 0.900 bits per heavy atom. The van der Waals surface area contributed by atoms with Gasteiger partial charge in [0.2, 0.25) is 0 Å². The van der Waals surface area contributed by atoms with Crippen LogP contribution in [0.2, 0.25) is 0 Å². The molecule has 0 bridgehead atoms. The molecule has 2 aromatic carbocycles. The quantitative estimate of drug-likeness (QED) is 0.682. The lowest BCUT2D eigenvalue weighted by Crippen LogP contribution is -2.51. The monoisotopic (exact) mass is 404 g/mol. The van der Waals surface area contributed by atoms with Crippen LogP contribution >= 0.6 is 0 Å². The number of hydrogen-bond donors (Lipinski definition) is 2. The van der Waals surface area contributed by atoms with Crippen molar-refractivity contribution in [3.05, 3.63) is 84.3 Å². The highest BCUT2D eigenvalue weighted by molar-refractivity contribution is 6.02. The number of nitrogens with one attached hydrogen (secondary N) is 2. The predicted molar refractivity (Wildman–Crippen MR) is 116 cm³/mol. The number of anilines is 2. The summed E-state index contributed by atoms with van der Waals surface area (Å²) in [4.78, 5) is 28.8. The zero-order chi connectivity index (χ0) is 20.8. The number of nitrogens with zero attached hydrogens (tertiary/aromatic N) is 2. The van der Waals surface area contributed by atoms with Gasteiger partial charge in [0.25, 0.3) is 5.91 Å². The molecule has 1 saturated heterocycles. The summed E-state index contributed by atoms with van der Waals surface area (Å²) in [5.74, 6) is -0.0548. The Kier molecular flexibility index (Phi) is 5.98. The molecule has 0 spiro atoms. The molecule has 0 radical (unpaired) electrons. The van der Waals surface area contributed by atoms with Crippen molar-refractivity contribution >= 4 is 23.3 Å². The van der Waals surface area contributed by atoms with Crippen LogP contribution in [0, 0.1) is 0 Å². The Hall–Kier alpha value is -3.74. The van der Waals surface area contributed by atoms with Crippen molar-refractivity contribution in [3.8, 4) is 0 Å². The third-order valence-electron chi connectivity index (χ3n) is 5.06. The molecule has 1 aliphatic heterocycles. The van der Waals surface area contributed by atoms with Crippen LogP contribution in [0.4, 0.5) is 16.2 Å². The zero-order valence-electron chi connectivity index (χ0n) is 16.6. The number of piperazine rings is 1. The number of furan rings is 1. The Bertz CT molecular complexity index is 981. The molecule has 0 aliphatic carbocycles. The number of rotatable bonds is 5. The van der Waals surface area contributed by atoms with Crippen molar-refractivity contribution in [2.75, 3.05) is 36.4 Å². The number of para-hydroxylation sites is 1. The molecule has 7 nitrogen and oxygen atoms in total. The van der Waals surface area contributed by atoms with Crippen LogP contribution in [0.1, 0.15) is 16.1 Å². The van der Waals surface area contributed by atoms with Crippen molar-refractivity contribution in [3.63, 3.8) is 0 Å². The second-order valence-corrected chi connectivity index (χ2v) is 7.10. The summed E-state index contributed by atoms with van der Waals surface area (Å²) in [5.41, 5.74) is 2.74. The first-order chi connectivity index (χ1) is 14.7. The molecule has 1 aliphatic rings. The maximum Gasteiger partial charge on any atom is 0.317 e. The Labute approximate surface area is 175 Å². The number of benzene rings is 2. The van der Waals surface area contributed by atoms with Gasteiger partial charge in [-0.05, 0) is 42.0 Å². The summed E-state index contributed by atoms with van der Waals surface area (Å²) in [6.45, 7) is 3.37. The van der Waals surface area contributed by atoms with E-state index in [1.165, 1.54) is 12.0 Å². The normalized spacial score (nSPS) is 13.7. The fourth-order valence-electron chi connectivity index (χ4n) is 3.46. The van der Waals surface area contributed by atoms with Gasteiger partial charge in [0.05, 0.1) is 6.26 Å². The second kappa shape index (κ2) is 9.17. The first-order valence-corrected chi connectivity index (χ1v) is 9.95. The van der Waals surface area contributed by atoms with Gasteiger partial charge in [-0.3, -0.25) is 4.79 Å². The molecule has 3 amide bonds. The molecule has 7 heteroatoms. The van der Waals surface area contributed by atoms with Crippen LogP contribution in [0.5, 0.6) is 0 Å². The van der Waals surface area contributed by atoms with Crippen molar-refractivity contribution in [1.82, 2.24) is 10.2 Å². The van der Waals surface area contributed by atoms with Crippen LogP contribution in [0.3, 0.4) is 0 Å². The Morgan fingerprint density at radius 2 is 1.70 bits per heavy atom. The topological polar surface area (TPSA) is 77.8 Å². The second-order valence-electron chi connectivity index (χ2n) is 7.10. The lowest BCUT2D eigenvalue weighted by Gasteiger charge is -2.36. The number of carbonyl (C=O) groups is 2. The molecule has 1 aromatic heterocycles. The van der Waals surface area contributed by atoms with Gasteiger partial charge in [-0.25, -0.2) is 4.79 Å². The fourth-order valence-corrected chi connectivity index (χ4v) is 3.46. The summed E-state index contributed by atoms with van der Waals surface area (Å²) >= 11 is 0. The standard InChI is InChI=1S/C23H24N4O3/c28-22(21-10-5-15-30-21)25-19-7-4-6-18(16-19)17-24-23(29)27-13-11-26(12-14-27)20-8-2-1-3-9-20/h1-10,15-16H,11-14,17H2,(H,24,29)(H,25,28). The Balaban J connectivity index is 1.26. The highest BCUT2D eigenvalue weighted by atomic mass is 16.3. The van der Waals surface area contributed by atoms with Gasteiger partial charge in [-0.2, -0.15) is 0 Å². The molecule has 154 valence electrons. The molecule has 0 unspecified atom stereocenters. The minimum absolute atomic E-state index is 0.0762. The zero-order valence-corrected chi connectivity index (χ0v) is 16.6. The molecule has 2 N–H and O–H groups in total. The molecular weight excluding hydrogens is 380 g/mol. The average Bonchev–Trinajstić information content (AvgIpc) is 3.34. The number of carbonyl (C=O) groups excluding carboxylic acids is 2. The number of urea groups is 1. The van der Waals surface area contributed by atoms with Crippen LogP contribution in [-0.4, -0.2) is 43.0 Å². The summed E-state index contributed by atoms with van der Waals surface area (Å²) in [5, 5.41) is 5.76. The van der Waals surface area contributed by atoms with E-state index in [2.05, 4.69) is 27.7 Å². The van der Waals surface area contributed by atoms with Crippen LogP contribution in [0.15, 0.2) is 77.4 Å². The van der Waals surface area contributed by atoms with E-state index in [1.807, 2.05) is 41.3 Å². The molecular formula is C23H24N4O3. The van der Waals surface area contributed by atoms with Gasteiger partial charge in [0, 0.05) is 44.1 Å². The van der Waals surface area contributed by atoms with Crippen LogP contribution in [-0.2, 0) is 6.54 Å². The largest absolute Gasteiger partial charge is 0.459 e. The van der Waals surface area contributed by atoms with E-state index in [9.17, 15) is 9.59 Å². The van der Waals surface area contributed by atoms with Crippen molar-refractivity contribution in [2.45, 2.75) is 6.54 Å². The maximum atomic E-state index is 12.5. The van der Waals surface area contributed by atoms with E-state index in [-0.39, 0.29) is 17.7 Å². The first kappa shape index (κ1) is 19.6. The molecule has 0 atom stereocenters. The van der Waals surface area contributed by atoms with Gasteiger partial charge in [0.15, 0.2) is 5.76 Å². The van der Waals surface area contributed by atoms with E-state index >= 15 is 0 Å². The third-order valence-corrected chi connectivity index (χ3v) is 5.06. The lowest BCUT2D eigenvalue weighted by molar-refractivity contribution is 0.0996. The molecule has 3 aromatic rings. The van der Waals surface area contributed by atoms with E-state index < -0.39 is 0 Å². The van der Waals surface area contributed by atoms with E-state index in [1.54, 1.807) is 18.2 Å². The molecule has 4 rings (SSSR count). The van der Waals surface area contributed by atoms with Crippen molar-refractivity contribution in [2.24, 2.45) is 0 Å². The lowest BCUT2D eigenvalue weighted by atomic mass is 10.2. The highest BCUT2D eigenvalue weighted by Gasteiger charge is 2.21. The SMILES string of the molecule is O=C(Nc1cccc(CNC(=O)N2CCN(c3ccccc3)CC2)c1)c1ccco1. The molecule has 30 heavy (non-hydrogen) atoms. The number of amides is 3. The van der Waals surface area contributed by atoms with Gasteiger partial charge in [0.1, 0.15) is 0 Å². The fraction of sp³-hybridized carbons (Fsp3) is 0.217. The van der Waals surface area contributed by atoms with Crippen LogP contribution < -0.4 is 15.5 Å². The van der Waals surface area contributed by atoms with Gasteiger partial charge < -0.3 is 24.9 Å². The van der Waals surface area contributed by atoms with Gasteiger partial charge in [-0.15, -0.1) is 0 Å². The minimum atomic E-state index is -0.308. The summed E-state index contributed by atoms with van der Waals surface area (Å²) < 4.78 is 5.10. The third kappa shape index (κ3) is 4.81. The predicted octanol–water partition coefficient (Wildman–Crippen LogP) is 3.56. The smallest absolute Gasteiger partial charge is 0.317 e. The van der Waals surface area contributed by atoms with Crippen molar-refractivity contribution in [1.29, 1.82) is 0 Å². The first-order valence-electron chi connectivity index (χ1n) is 9.95. The average molecular weight is 404 g/mol.